The summed E-state index contributed by atoms with van der Waals surface area (Å²) >= 11 is 0. The van der Waals surface area contributed by atoms with Crippen molar-refractivity contribution in [1.29, 1.82) is 0 Å². The highest BCUT2D eigenvalue weighted by Crippen LogP contribution is 2.31. The van der Waals surface area contributed by atoms with Crippen molar-refractivity contribution in [3.05, 3.63) is 28.3 Å². The molecule has 1 aromatic carbocycles. The van der Waals surface area contributed by atoms with Gasteiger partial charge in [-0.05, 0) is 25.3 Å². The van der Waals surface area contributed by atoms with Gasteiger partial charge < -0.3 is 15.5 Å². The molecule has 0 radical (unpaired) electrons. The molecular formula is C14H20N4O3. The van der Waals surface area contributed by atoms with Crippen molar-refractivity contribution in [1.82, 2.24) is 5.32 Å². The molecule has 2 N–H and O–H groups in total. The Bertz CT molecular complexity index is 547. The van der Waals surface area contributed by atoms with Crippen LogP contribution in [-0.2, 0) is 4.79 Å². The third-order valence-corrected chi connectivity index (χ3v) is 3.79. The molecule has 7 heteroatoms. The van der Waals surface area contributed by atoms with E-state index in [4.69, 9.17) is 0 Å². The first-order valence-corrected chi connectivity index (χ1v) is 7.02. The lowest BCUT2D eigenvalue weighted by Gasteiger charge is -2.36. The molecule has 0 saturated carbocycles. The van der Waals surface area contributed by atoms with Gasteiger partial charge in [-0.25, -0.2) is 0 Å². The lowest BCUT2D eigenvalue weighted by Crippen LogP contribution is -2.48. The number of likely N-dealkylation sites (N-methyl/N-ethyl adjacent to an activating group) is 1. The zero-order valence-electron chi connectivity index (χ0n) is 12.3. The number of hydrogen-bond acceptors (Lipinski definition) is 5. The number of non-ortho nitro benzene ring substituents is 1. The molecule has 21 heavy (non-hydrogen) atoms. The smallest absolute Gasteiger partial charge is 0.273 e. The van der Waals surface area contributed by atoms with Crippen LogP contribution in [0.4, 0.5) is 17.1 Å². The van der Waals surface area contributed by atoms with Crippen molar-refractivity contribution in [2.45, 2.75) is 25.3 Å². The first-order chi connectivity index (χ1) is 10.1. The van der Waals surface area contributed by atoms with Crippen molar-refractivity contribution < 1.29 is 9.72 Å². The van der Waals surface area contributed by atoms with Crippen LogP contribution < -0.4 is 15.5 Å². The molecule has 2 rings (SSSR count). The average molecular weight is 292 g/mol. The Morgan fingerprint density at radius 1 is 1.33 bits per heavy atom. The molecular weight excluding hydrogens is 272 g/mol. The van der Waals surface area contributed by atoms with E-state index in [1.165, 1.54) is 12.1 Å². The molecule has 1 aromatic rings. The summed E-state index contributed by atoms with van der Waals surface area (Å²) in [7, 11) is 3.33. The van der Waals surface area contributed by atoms with Gasteiger partial charge in [0.25, 0.3) is 5.69 Å². The summed E-state index contributed by atoms with van der Waals surface area (Å²) in [6, 6.07) is 4.59. The van der Waals surface area contributed by atoms with Crippen LogP contribution in [0.3, 0.4) is 0 Å². The minimum atomic E-state index is -0.414. The minimum Gasteiger partial charge on any atom is -0.388 e. The summed E-state index contributed by atoms with van der Waals surface area (Å²) in [5.41, 5.74) is 1.40. The number of nitrogens with zero attached hydrogens (tertiary/aromatic N) is 2. The first-order valence-electron chi connectivity index (χ1n) is 7.02. The highest BCUT2D eigenvalue weighted by atomic mass is 16.6. The van der Waals surface area contributed by atoms with E-state index in [2.05, 4.69) is 10.6 Å². The van der Waals surface area contributed by atoms with Gasteiger partial charge >= 0.3 is 0 Å². The van der Waals surface area contributed by atoms with Crippen LogP contribution in [0.15, 0.2) is 18.2 Å². The van der Waals surface area contributed by atoms with E-state index in [1.54, 1.807) is 14.1 Å². The normalized spacial score (nSPS) is 18.2. The van der Waals surface area contributed by atoms with E-state index in [9.17, 15) is 14.9 Å². The fourth-order valence-corrected chi connectivity index (χ4v) is 2.69. The largest absolute Gasteiger partial charge is 0.388 e. The van der Waals surface area contributed by atoms with Crippen LogP contribution in [-0.4, -0.2) is 37.5 Å². The Morgan fingerprint density at radius 3 is 2.71 bits per heavy atom. The second-order valence-corrected chi connectivity index (χ2v) is 5.06. The maximum Gasteiger partial charge on any atom is 0.273 e. The highest BCUT2D eigenvalue weighted by Gasteiger charge is 2.29. The number of anilines is 2. The third kappa shape index (κ3) is 3.24. The van der Waals surface area contributed by atoms with Gasteiger partial charge in [0.05, 0.1) is 4.92 Å². The molecule has 1 atom stereocenters. The summed E-state index contributed by atoms with van der Waals surface area (Å²) in [6.07, 6.45) is 2.73. The highest BCUT2D eigenvalue weighted by molar-refractivity contribution is 5.85. The van der Waals surface area contributed by atoms with Crippen molar-refractivity contribution in [3.8, 4) is 0 Å². The molecule has 0 aliphatic carbocycles. The molecule has 1 fully saturated rings. The molecule has 1 saturated heterocycles. The van der Waals surface area contributed by atoms with Crippen LogP contribution in [0.5, 0.6) is 0 Å². The molecule has 1 heterocycles. The number of rotatable bonds is 4. The summed E-state index contributed by atoms with van der Waals surface area (Å²) in [6.45, 7) is 0.725. The van der Waals surface area contributed by atoms with Crippen LogP contribution >= 0.6 is 0 Å². The maximum absolute atomic E-state index is 12.0. The fourth-order valence-electron chi connectivity index (χ4n) is 2.69. The van der Waals surface area contributed by atoms with Crippen molar-refractivity contribution >= 4 is 23.0 Å². The summed E-state index contributed by atoms with van der Waals surface area (Å²) in [5.74, 6) is -0.0489. The predicted octanol–water partition coefficient (Wildman–Crippen LogP) is 1.74. The first kappa shape index (κ1) is 15.1. The van der Waals surface area contributed by atoms with E-state index in [1.807, 2.05) is 11.0 Å². The summed E-state index contributed by atoms with van der Waals surface area (Å²) < 4.78 is 0. The van der Waals surface area contributed by atoms with Gasteiger partial charge in [-0.3, -0.25) is 14.9 Å². The lowest BCUT2D eigenvalue weighted by atomic mass is 10.00. The number of nitro benzene ring substituents is 1. The van der Waals surface area contributed by atoms with Crippen molar-refractivity contribution in [3.63, 3.8) is 0 Å². The molecule has 114 valence electrons. The van der Waals surface area contributed by atoms with Gasteiger partial charge in [0.2, 0.25) is 5.91 Å². The number of carbonyl (C=O) groups excluding carboxylic acids is 1. The summed E-state index contributed by atoms with van der Waals surface area (Å²) in [5, 5.41) is 16.7. The lowest BCUT2D eigenvalue weighted by molar-refractivity contribution is -0.384. The topological polar surface area (TPSA) is 87.5 Å². The SMILES string of the molecule is CNC(=O)C1CCCCN1c1cc(NC)cc([N+](=O)[O-])c1. The molecule has 7 nitrogen and oxygen atoms in total. The fraction of sp³-hybridized carbons (Fsp3) is 0.500. The van der Waals surface area contributed by atoms with Crippen LogP contribution in [0.2, 0.25) is 0 Å². The Hall–Kier alpha value is -2.31. The van der Waals surface area contributed by atoms with Gasteiger partial charge in [-0.1, -0.05) is 0 Å². The molecule has 0 spiro atoms. The second-order valence-electron chi connectivity index (χ2n) is 5.06. The van der Waals surface area contributed by atoms with E-state index in [0.717, 1.165) is 25.8 Å². The number of benzene rings is 1. The van der Waals surface area contributed by atoms with Gasteiger partial charge in [0, 0.05) is 44.1 Å². The quantitative estimate of drug-likeness (QED) is 0.652. The van der Waals surface area contributed by atoms with E-state index in [-0.39, 0.29) is 17.6 Å². The summed E-state index contributed by atoms with van der Waals surface area (Å²) in [4.78, 5) is 24.6. The van der Waals surface area contributed by atoms with Crippen molar-refractivity contribution in [2.75, 3.05) is 30.9 Å². The predicted molar refractivity (Wildman–Crippen MR) is 81.7 cm³/mol. The van der Waals surface area contributed by atoms with E-state index in [0.29, 0.717) is 11.4 Å². The van der Waals surface area contributed by atoms with E-state index < -0.39 is 4.92 Å². The van der Waals surface area contributed by atoms with Gasteiger partial charge in [-0.2, -0.15) is 0 Å². The monoisotopic (exact) mass is 292 g/mol. The molecule has 0 bridgehead atoms. The number of carbonyl (C=O) groups is 1. The average Bonchev–Trinajstić information content (AvgIpc) is 2.53. The standard InChI is InChI=1S/C14H20N4O3/c1-15-10-7-11(9-12(8-10)18(20)21)17-6-4-3-5-13(17)14(19)16-2/h7-9,13,15H,3-6H2,1-2H3,(H,16,19). The van der Waals surface area contributed by atoms with E-state index >= 15 is 0 Å². The second kappa shape index (κ2) is 6.43. The Morgan fingerprint density at radius 2 is 2.10 bits per heavy atom. The number of amides is 1. The third-order valence-electron chi connectivity index (χ3n) is 3.79. The maximum atomic E-state index is 12.0. The van der Waals surface area contributed by atoms with Gasteiger partial charge in [0.1, 0.15) is 6.04 Å². The number of piperidine rings is 1. The molecule has 1 unspecified atom stereocenters. The van der Waals surface area contributed by atoms with Crippen molar-refractivity contribution in [2.24, 2.45) is 0 Å². The molecule has 1 aliphatic heterocycles. The minimum absolute atomic E-state index is 0.0260. The Balaban J connectivity index is 2.39. The molecule has 1 aliphatic rings. The molecule has 0 aromatic heterocycles. The number of nitro groups is 1. The van der Waals surface area contributed by atoms with Crippen LogP contribution in [0.1, 0.15) is 19.3 Å². The number of hydrogen-bond donors (Lipinski definition) is 2. The zero-order valence-corrected chi connectivity index (χ0v) is 12.3. The van der Waals surface area contributed by atoms with Crippen LogP contribution in [0, 0.1) is 10.1 Å². The molecule has 1 amide bonds. The van der Waals surface area contributed by atoms with Crippen LogP contribution in [0.25, 0.3) is 0 Å². The Labute approximate surface area is 123 Å². The van der Waals surface area contributed by atoms with Gasteiger partial charge in [0.15, 0.2) is 0 Å². The number of nitrogens with one attached hydrogen (secondary N) is 2. The Kier molecular flexibility index (Phi) is 4.62. The zero-order chi connectivity index (χ0) is 15.4. The van der Waals surface area contributed by atoms with Gasteiger partial charge in [-0.15, -0.1) is 0 Å².